The van der Waals surface area contributed by atoms with Gasteiger partial charge in [0, 0.05) is 20.3 Å². The Bertz CT molecular complexity index is 1520. The van der Waals surface area contributed by atoms with E-state index >= 15 is 0 Å². The standard InChI is InChI=1S/C24H22N6O2/c1-16-26-22-20(24(31)29(16)13-8-14-32-2)21-23(28-19-12-7-6-11-18(19)27-21)30(22)25-15-17-9-4-3-5-10-17/h3-7,9-12,15H,8,13-14H2,1-2H3. The second-order valence-electron chi connectivity index (χ2n) is 7.51. The van der Waals surface area contributed by atoms with Gasteiger partial charge in [0.05, 0.1) is 17.2 Å². The number of benzene rings is 2. The van der Waals surface area contributed by atoms with E-state index in [1.54, 1.807) is 22.6 Å². The number of para-hydroxylation sites is 2. The molecule has 0 aliphatic rings. The highest BCUT2D eigenvalue weighted by Gasteiger charge is 2.21. The average molecular weight is 426 g/mol. The molecule has 5 rings (SSSR count). The summed E-state index contributed by atoms with van der Waals surface area (Å²) >= 11 is 0. The monoisotopic (exact) mass is 426 g/mol. The molecule has 0 N–H and O–H groups in total. The predicted octanol–water partition coefficient (Wildman–Crippen LogP) is 3.52. The average Bonchev–Trinajstić information content (AvgIpc) is 3.11. The molecule has 0 aliphatic heterocycles. The lowest BCUT2D eigenvalue weighted by Crippen LogP contribution is -2.24. The van der Waals surface area contributed by atoms with Crippen LogP contribution >= 0.6 is 0 Å². The quantitative estimate of drug-likeness (QED) is 0.306. The fourth-order valence-electron chi connectivity index (χ4n) is 3.82. The number of nitrogens with zero attached hydrogens (tertiary/aromatic N) is 6. The fourth-order valence-corrected chi connectivity index (χ4v) is 3.82. The molecule has 0 saturated carbocycles. The van der Waals surface area contributed by atoms with E-state index in [0.29, 0.717) is 47.6 Å². The summed E-state index contributed by atoms with van der Waals surface area (Å²) in [6.45, 7) is 2.91. The first kappa shape index (κ1) is 20.0. The molecule has 0 unspecified atom stereocenters. The predicted molar refractivity (Wildman–Crippen MR) is 125 cm³/mol. The first-order chi connectivity index (χ1) is 15.7. The number of hydrogen-bond donors (Lipinski definition) is 0. The molecule has 0 bridgehead atoms. The van der Waals surface area contributed by atoms with E-state index in [1.807, 2.05) is 61.5 Å². The Morgan fingerprint density at radius 2 is 1.69 bits per heavy atom. The van der Waals surface area contributed by atoms with E-state index in [4.69, 9.17) is 19.7 Å². The third-order valence-corrected chi connectivity index (χ3v) is 5.38. The van der Waals surface area contributed by atoms with Crippen LogP contribution in [-0.4, -0.2) is 44.1 Å². The van der Waals surface area contributed by atoms with Crippen LogP contribution in [0.5, 0.6) is 0 Å². The number of rotatable bonds is 6. The van der Waals surface area contributed by atoms with Gasteiger partial charge in [-0.05, 0) is 31.0 Å². The van der Waals surface area contributed by atoms with Crippen molar-refractivity contribution in [2.45, 2.75) is 19.9 Å². The Balaban J connectivity index is 1.81. The molecule has 0 aliphatic carbocycles. The molecule has 0 amide bonds. The highest BCUT2D eigenvalue weighted by atomic mass is 16.5. The second kappa shape index (κ2) is 8.32. The second-order valence-corrected chi connectivity index (χ2v) is 7.51. The fraction of sp³-hybridized carbons (Fsp3) is 0.208. The van der Waals surface area contributed by atoms with Gasteiger partial charge in [-0.15, -0.1) is 0 Å². The molecule has 0 saturated heterocycles. The molecule has 3 aromatic heterocycles. The van der Waals surface area contributed by atoms with Crippen molar-refractivity contribution in [3.05, 3.63) is 76.3 Å². The van der Waals surface area contributed by atoms with Crippen LogP contribution in [0.4, 0.5) is 0 Å². The molecule has 32 heavy (non-hydrogen) atoms. The number of aromatic nitrogens is 5. The van der Waals surface area contributed by atoms with Crippen LogP contribution in [0.25, 0.3) is 33.2 Å². The van der Waals surface area contributed by atoms with Crippen molar-refractivity contribution in [1.29, 1.82) is 0 Å². The zero-order valence-corrected chi connectivity index (χ0v) is 17.9. The summed E-state index contributed by atoms with van der Waals surface area (Å²) in [7, 11) is 1.65. The summed E-state index contributed by atoms with van der Waals surface area (Å²) in [5.41, 5.74) is 3.69. The zero-order valence-electron chi connectivity index (χ0n) is 17.9. The summed E-state index contributed by atoms with van der Waals surface area (Å²) in [4.78, 5) is 27.8. The lowest BCUT2D eigenvalue weighted by molar-refractivity contribution is 0.189. The van der Waals surface area contributed by atoms with Crippen molar-refractivity contribution >= 4 is 39.4 Å². The molecule has 160 valence electrons. The maximum atomic E-state index is 13.5. The van der Waals surface area contributed by atoms with Crippen LogP contribution in [0.2, 0.25) is 0 Å². The third-order valence-electron chi connectivity index (χ3n) is 5.38. The van der Waals surface area contributed by atoms with Crippen molar-refractivity contribution in [3.8, 4) is 0 Å². The van der Waals surface area contributed by atoms with Crippen molar-refractivity contribution in [1.82, 2.24) is 24.2 Å². The van der Waals surface area contributed by atoms with Gasteiger partial charge in [-0.25, -0.2) is 15.0 Å². The summed E-state index contributed by atoms with van der Waals surface area (Å²) in [6.07, 6.45) is 2.45. The number of fused-ring (bicyclic) bond motifs is 4. The molecule has 0 fully saturated rings. The third kappa shape index (κ3) is 3.44. The Labute approximate surface area is 183 Å². The Morgan fingerprint density at radius 3 is 2.44 bits per heavy atom. The molecular weight excluding hydrogens is 404 g/mol. The first-order valence-electron chi connectivity index (χ1n) is 10.4. The molecule has 2 aromatic carbocycles. The molecule has 8 heteroatoms. The smallest absolute Gasteiger partial charge is 0.265 e. The molecule has 0 atom stereocenters. The van der Waals surface area contributed by atoms with Gasteiger partial charge in [0.15, 0.2) is 11.3 Å². The SMILES string of the molecule is COCCCn1c(C)nc2c(c1=O)c1nc3ccccc3nc1n2N=Cc1ccccc1. The normalized spacial score (nSPS) is 11.9. The van der Waals surface area contributed by atoms with Crippen molar-refractivity contribution in [2.24, 2.45) is 5.10 Å². The zero-order chi connectivity index (χ0) is 22.1. The van der Waals surface area contributed by atoms with Crippen molar-refractivity contribution < 1.29 is 4.74 Å². The minimum atomic E-state index is -0.146. The van der Waals surface area contributed by atoms with Gasteiger partial charge in [-0.3, -0.25) is 9.36 Å². The molecule has 0 spiro atoms. The van der Waals surface area contributed by atoms with Crippen molar-refractivity contribution in [2.75, 3.05) is 13.7 Å². The van der Waals surface area contributed by atoms with Crippen LogP contribution < -0.4 is 5.56 Å². The van der Waals surface area contributed by atoms with E-state index in [9.17, 15) is 4.79 Å². The van der Waals surface area contributed by atoms with Gasteiger partial charge < -0.3 is 4.74 Å². The van der Waals surface area contributed by atoms with Crippen LogP contribution in [0.15, 0.2) is 64.5 Å². The van der Waals surface area contributed by atoms with E-state index < -0.39 is 0 Å². The summed E-state index contributed by atoms with van der Waals surface area (Å²) < 4.78 is 8.43. The summed E-state index contributed by atoms with van der Waals surface area (Å²) in [5.74, 6) is 0.613. The van der Waals surface area contributed by atoms with Gasteiger partial charge >= 0.3 is 0 Å². The van der Waals surface area contributed by atoms with Crippen LogP contribution in [0.3, 0.4) is 0 Å². The highest BCUT2D eigenvalue weighted by Crippen LogP contribution is 2.25. The summed E-state index contributed by atoms with van der Waals surface area (Å²) in [5, 5.41) is 5.07. The minimum absolute atomic E-state index is 0.146. The number of hydrogen-bond acceptors (Lipinski definition) is 6. The highest BCUT2D eigenvalue weighted by molar-refractivity contribution is 6.04. The molecule has 0 radical (unpaired) electrons. The lowest BCUT2D eigenvalue weighted by atomic mass is 10.2. The minimum Gasteiger partial charge on any atom is -0.385 e. The van der Waals surface area contributed by atoms with Gasteiger partial charge in [-0.2, -0.15) is 9.78 Å². The van der Waals surface area contributed by atoms with Crippen LogP contribution in [-0.2, 0) is 11.3 Å². The lowest BCUT2D eigenvalue weighted by Gasteiger charge is -2.09. The Morgan fingerprint density at radius 1 is 0.969 bits per heavy atom. The van der Waals surface area contributed by atoms with Crippen LogP contribution in [0, 0.1) is 6.92 Å². The molecule has 8 nitrogen and oxygen atoms in total. The number of aryl methyl sites for hydroxylation is 1. The first-order valence-corrected chi connectivity index (χ1v) is 10.4. The van der Waals surface area contributed by atoms with Gasteiger partial charge in [-0.1, -0.05) is 42.5 Å². The summed E-state index contributed by atoms with van der Waals surface area (Å²) in [6, 6.07) is 17.4. The largest absolute Gasteiger partial charge is 0.385 e. The van der Waals surface area contributed by atoms with E-state index in [-0.39, 0.29) is 5.56 Å². The maximum Gasteiger partial charge on any atom is 0.265 e. The van der Waals surface area contributed by atoms with E-state index in [0.717, 1.165) is 16.6 Å². The van der Waals surface area contributed by atoms with Crippen LogP contribution in [0.1, 0.15) is 17.8 Å². The topological polar surface area (TPSA) is 87.2 Å². The molecule has 3 heterocycles. The number of ether oxygens (including phenoxy) is 1. The Kier molecular flexibility index (Phi) is 5.20. The van der Waals surface area contributed by atoms with Gasteiger partial charge in [0.25, 0.3) is 5.56 Å². The maximum absolute atomic E-state index is 13.5. The van der Waals surface area contributed by atoms with E-state index in [1.165, 1.54) is 0 Å². The van der Waals surface area contributed by atoms with Crippen molar-refractivity contribution in [3.63, 3.8) is 0 Å². The molecular formula is C24H22N6O2. The molecule has 5 aromatic rings. The number of methoxy groups -OCH3 is 1. The van der Waals surface area contributed by atoms with Gasteiger partial charge in [0.2, 0.25) is 0 Å². The van der Waals surface area contributed by atoms with E-state index in [2.05, 4.69) is 5.10 Å². The van der Waals surface area contributed by atoms with Gasteiger partial charge in [0.1, 0.15) is 16.7 Å². The Hall–Kier alpha value is -3.91.